The van der Waals surface area contributed by atoms with E-state index in [2.05, 4.69) is 10.6 Å². The summed E-state index contributed by atoms with van der Waals surface area (Å²) in [5.41, 5.74) is 1.88. The van der Waals surface area contributed by atoms with E-state index in [1.54, 1.807) is 54.6 Å². The molecule has 0 aliphatic heterocycles. The lowest BCUT2D eigenvalue weighted by Crippen LogP contribution is -2.39. The molecule has 34 heavy (non-hydrogen) atoms. The molecule has 0 bridgehead atoms. The van der Waals surface area contributed by atoms with Crippen molar-refractivity contribution < 1.29 is 18.0 Å². The second-order valence-corrected chi connectivity index (χ2v) is 9.52. The predicted octanol–water partition coefficient (Wildman–Crippen LogP) is 4.22. The molecule has 3 aromatic rings. The molecule has 2 N–H and O–H groups in total. The number of hydrogen-bond acceptors (Lipinski definition) is 4. The molecule has 0 fully saturated rings. The summed E-state index contributed by atoms with van der Waals surface area (Å²) in [5.74, 6) is -0.857. The first-order valence-corrected chi connectivity index (χ1v) is 12.6. The van der Waals surface area contributed by atoms with E-state index in [9.17, 15) is 18.0 Å². The van der Waals surface area contributed by atoms with E-state index >= 15 is 0 Å². The molecular weight excluding hydrogens is 450 g/mol. The number of carbonyl (C=O) groups excluding carboxylic acids is 2. The van der Waals surface area contributed by atoms with Gasteiger partial charge in [-0.05, 0) is 48.7 Å². The van der Waals surface area contributed by atoms with Crippen LogP contribution in [0.15, 0.2) is 83.8 Å². The maximum absolute atomic E-state index is 13.6. The SMILES string of the molecule is CCCNC(=O)c1ccccc1NC(=O)CN(c1ccccc1CC)S(=O)(=O)c1ccccc1. The zero-order valence-electron chi connectivity index (χ0n) is 19.3. The molecule has 0 aliphatic carbocycles. The smallest absolute Gasteiger partial charge is 0.264 e. The molecule has 0 aromatic heterocycles. The lowest BCUT2D eigenvalue weighted by molar-refractivity contribution is -0.114. The third kappa shape index (κ3) is 5.82. The lowest BCUT2D eigenvalue weighted by atomic mass is 10.1. The van der Waals surface area contributed by atoms with Gasteiger partial charge in [0, 0.05) is 6.54 Å². The molecule has 178 valence electrons. The summed E-state index contributed by atoms with van der Waals surface area (Å²) in [7, 11) is -4.02. The van der Waals surface area contributed by atoms with E-state index in [0.29, 0.717) is 29.9 Å². The fraction of sp³-hybridized carbons (Fsp3) is 0.231. The predicted molar refractivity (Wildman–Crippen MR) is 134 cm³/mol. The van der Waals surface area contributed by atoms with Crippen LogP contribution in [0.25, 0.3) is 0 Å². The summed E-state index contributed by atoms with van der Waals surface area (Å²) in [6.45, 7) is 3.94. The molecule has 0 saturated carbocycles. The van der Waals surface area contributed by atoms with E-state index in [-0.39, 0.29) is 10.8 Å². The van der Waals surface area contributed by atoms with E-state index in [0.717, 1.165) is 16.3 Å². The Balaban J connectivity index is 1.94. The van der Waals surface area contributed by atoms with Crippen LogP contribution >= 0.6 is 0 Å². The number of amides is 2. The van der Waals surface area contributed by atoms with Gasteiger partial charge in [0.15, 0.2) is 0 Å². The highest BCUT2D eigenvalue weighted by molar-refractivity contribution is 7.92. The molecule has 0 atom stereocenters. The maximum Gasteiger partial charge on any atom is 0.264 e. The molecule has 0 spiro atoms. The molecule has 0 unspecified atom stereocenters. The molecule has 0 saturated heterocycles. The van der Waals surface area contributed by atoms with Gasteiger partial charge in [-0.2, -0.15) is 0 Å². The van der Waals surface area contributed by atoms with Gasteiger partial charge in [-0.1, -0.05) is 62.4 Å². The van der Waals surface area contributed by atoms with Gasteiger partial charge in [0.05, 0.1) is 21.8 Å². The first kappa shape index (κ1) is 25.0. The van der Waals surface area contributed by atoms with E-state index in [1.165, 1.54) is 12.1 Å². The monoisotopic (exact) mass is 479 g/mol. The summed E-state index contributed by atoms with van der Waals surface area (Å²) in [6, 6.07) is 21.8. The van der Waals surface area contributed by atoms with Crippen molar-refractivity contribution in [2.45, 2.75) is 31.6 Å². The number of rotatable bonds is 10. The Kier molecular flexibility index (Phi) is 8.43. The minimum atomic E-state index is -4.02. The van der Waals surface area contributed by atoms with Gasteiger partial charge in [0.2, 0.25) is 5.91 Å². The second-order valence-electron chi connectivity index (χ2n) is 7.66. The molecule has 3 rings (SSSR count). The third-order valence-corrected chi connectivity index (χ3v) is 7.01. The standard InChI is InChI=1S/C26H29N3O4S/c1-3-18-27-26(31)22-15-9-10-16-23(22)28-25(30)19-29(24-17-11-8-12-20(24)4-2)34(32,33)21-13-6-5-7-14-21/h5-17H,3-4,18-19H2,1-2H3,(H,27,31)(H,28,30). The van der Waals surface area contributed by atoms with Crippen LogP contribution in [0.2, 0.25) is 0 Å². The van der Waals surface area contributed by atoms with Crippen molar-refractivity contribution in [3.63, 3.8) is 0 Å². The van der Waals surface area contributed by atoms with Crippen molar-refractivity contribution in [2.24, 2.45) is 0 Å². The molecule has 3 aromatic carbocycles. The fourth-order valence-electron chi connectivity index (χ4n) is 3.52. The quantitative estimate of drug-likeness (QED) is 0.455. The lowest BCUT2D eigenvalue weighted by Gasteiger charge is -2.26. The summed E-state index contributed by atoms with van der Waals surface area (Å²) in [6.07, 6.45) is 1.38. The summed E-state index contributed by atoms with van der Waals surface area (Å²) in [5, 5.41) is 5.52. The largest absolute Gasteiger partial charge is 0.352 e. The second kappa shape index (κ2) is 11.5. The maximum atomic E-state index is 13.6. The summed E-state index contributed by atoms with van der Waals surface area (Å²) >= 11 is 0. The van der Waals surface area contributed by atoms with E-state index in [1.807, 2.05) is 26.0 Å². The summed E-state index contributed by atoms with van der Waals surface area (Å²) in [4.78, 5) is 25.7. The number of anilines is 2. The number of aryl methyl sites for hydroxylation is 1. The van der Waals surface area contributed by atoms with Crippen LogP contribution in [-0.2, 0) is 21.2 Å². The Hall–Kier alpha value is -3.65. The van der Waals surface area contributed by atoms with E-state index in [4.69, 9.17) is 0 Å². The Bertz CT molecular complexity index is 1240. The Labute approximate surface area is 200 Å². The van der Waals surface area contributed by atoms with Crippen molar-refractivity contribution in [3.8, 4) is 0 Å². The molecule has 7 nitrogen and oxygen atoms in total. The highest BCUT2D eigenvalue weighted by Gasteiger charge is 2.28. The van der Waals surface area contributed by atoms with Gasteiger partial charge in [0.1, 0.15) is 6.54 Å². The minimum absolute atomic E-state index is 0.0908. The van der Waals surface area contributed by atoms with Crippen LogP contribution in [-0.4, -0.2) is 33.3 Å². The highest BCUT2D eigenvalue weighted by Crippen LogP contribution is 2.27. The minimum Gasteiger partial charge on any atom is -0.352 e. The number of nitrogens with one attached hydrogen (secondary N) is 2. The topological polar surface area (TPSA) is 95.6 Å². The number of hydrogen-bond donors (Lipinski definition) is 2. The van der Waals surface area contributed by atoms with E-state index < -0.39 is 22.5 Å². The zero-order valence-corrected chi connectivity index (χ0v) is 20.1. The Morgan fingerprint density at radius 3 is 2.21 bits per heavy atom. The van der Waals surface area contributed by atoms with Gasteiger partial charge in [-0.15, -0.1) is 0 Å². The first-order chi connectivity index (χ1) is 16.4. The molecule has 0 aliphatic rings. The molecule has 8 heteroatoms. The highest BCUT2D eigenvalue weighted by atomic mass is 32.2. The number of sulfonamides is 1. The molecule has 0 heterocycles. The van der Waals surface area contributed by atoms with Crippen LogP contribution < -0.4 is 14.9 Å². The van der Waals surface area contributed by atoms with Crippen molar-refractivity contribution >= 4 is 33.2 Å². The molecule has 2 amide bonds. The van der Waals surface area contributed by atoms with Crippen molar-refractivity contribution in [1.29, 1.82) is 0 Å². The van der Waals surface area contributed by atoms with Crippen molar-refractivity contribution in [1.82, 2.24) is 5.32 Å². The van der Waals surface area contributed by atoms with Crippen LogP contribution in [0.3, 0.4) is 0 Å². The van der Waals surface area contributed by atoms with Gasteiger partial charge < -0.3 is 10.6 Å². The number of benzene rings is 3. The van der Waals surface area contributed by atoms with Gasteiger partial charge in [0.25, 0.3) is 15.9 Å². The summed E-state index contributed by atoms with van der Waals surface area (Å²) < 4.78 is 28.2. The average molecular weight is 480 g/mol. The first-order valence-electron chi connectivity index (χ1n) is 11.2. The zero-order chi connectivity index (χ0) is 24.6. The van der Waals surface area contributed by atoms with Gasteiger partial charge in [-0.25, -0.2) is 8.42 Å². The van der Waals surface area contributed by atoms with Crippen LogP contribution in [0.1, 0.15) is 36.2 Å². The normalized spacial score (nSPS) is 11.0. The van der Waals surface area contributed by atoms with Crippen molar-refractivity contribution in [3.05, 3.63) is 90.0 Å². The van der Waals surface area contributed by atoms with Gasteiger partial charge in [-0.3, -0.25) is 13.9 Å². The van der Waals surface area contributed by atoms with Crippen molar-refractivity contribution in [2.75, 3.05) is 22.7 Å². The number of carbonyl (C=O) groups is 2. The third-order valence-electron chi connectivity index (χ3n) is 5.24. The number of nitrogens with zero attached hydrogens (tertiary/aromatic N) is 1. The van der Waals surface area contributed by atoms with Crippen LogP contribution in [0.4, 0.5) is 11.4 Å². The Morgan fingerprint density at radius 1 is 0.853 bits per heavy atom. The fourth-order valence-corrected chi connectivity index (χ4v) is 5.00. The average Bonchev–Trinajstić information content (AvgIpc) is 2.86. The van der Waals surface area contributed by atoms with Gasteiger partial charge >= 0.3 is 0 Å². The van der Waals surface area contributed by atoms with Crippen LogP contribution in [0, 0.1) is 0 Å². The van der Waals surface area contributed by atoms with Crippen LogP contribution in [0.5, 0.6) is 0 Å². The molecular formula is C26H29N3O4S. The Morgan fingerprint density at radius 2 is 1.50 bits per heavy atom. The molecule has 0 radical (unpaired) electrons. The number of para-hydroxylation sites is 2.